The maximum absolute atomic E-state index is 15.4. The van der Waals surface area contributed by atoms with Gasteiger partial charge in [-0.05, 0) is 37.8 Å². The molecule has 0 aliphatic carbocycles. The van der Waals surface area contributed by atoms with E-state index in [0.29, 0.717) is 5.39 Å². The van der Waals surface area contributed by atoms with E-state index in [9.17, 15) is 4.79 Å². The Labute approximate surface area is 200 Å². The van der Waals surface area contributed by atoms with Crippen LogP contribution in [-0.2, 0) is 4.74 Å². The van der Waals surface area contributed by atoms with Gasteiger partial charge in [0.25, 0.3) is 0 Å². The molecule has 0 spiro atoms. The maximum Gasteiger partial charge on any atom is 0.351 e. The van der Waals surface area contributed by atoms with Gasteiger partial charge in [0.05, 0.1) is 40.2 Å². The molecule has 1 aliphatic heterocycles. The summed E-state index contributed by atoms with van der Waals surface area (Å²) >= 11 is 12.6. The molecule has 4 rings (SSSR count). The van der Waals surface area contributed by atoms with Gasteiger partial charge < -0.3 is 10.1 Å². The van der Waals surface area contributed by atoms with Gasteiger partial charge in [-0.25, -0.2) is 14.2 Å². The van der Waals surface area contributed by atoms with Crippen molar-refractivity contribution in [2.75, 3.05) is 6.61 Å². The van der Waals surface area contributed by atoms with Crippen molar-refractivity contribution in [3.63, 3.8) is 0 Å². The minimum atomic E-state index is -0.599. The lowest BCUT2D eigenvalue weighted by Gasteiger charge is -2.09. The predicted molar refractivity (Wildman–Crippen MR) is 129 cm³/mol. The average molecular weight is 598 g/mol. The van der Waals surface area contributed by atoms with E-state index in [1.54, 1.807) is 18.0 Å². The van der Waals surface area contributed by atoms with Crippen molar-refractivity contribution in [1.29, 1.82) is 0 Å². The molecule has 29 heavy (non-hydrogen) atoms. The van der Waals surface area contributed by atoms with Crippen LogP contribution < -0.4 is 5.32 Å². The summed E-state index contributed by atoms with van der Waals surface area (Å²) in [5.74, 6) is -0.876. The Morgan fingerprint density at radius 2 is 2.17 bits per heavy atom. The van der Waals surface area contributed by atoms with Gasteiger partial charge in [0.15, 0.2) is 5.82 Å². The third kappa shape index (κ3) is 4.31. The van der Waals surface area contributed by atoms with Gasteiger partial charge in [0.2, 0.25) is 0 Å². The van der Waals surface area contributed by atoms with Gasteiger partial charge >= 0.3 is 5.97 Å². The fraction of sp³-hybridized carbons (Fsp3) is 0.333. The molecule has 11 heteroatoms. The first kappa shape index (κ1) is 21.8. The van der Waals surface area contributed by atoms with Crippen molar-refractivity contribution in [1.82, 2.24) is 10.3 Å². The first-order valence-electron chi connectivity index (χ1n) is 8.70. The van der Waals surface area contributed by atoms with Crippen LogP contribution in [0.1, 0.15) is 40.2 Å². The lowest BCUT2D eigenvalue weighted by Crippen LogP contribution is -2.11. The number of carbonyl (C=O) groups is 1. The van der Waals surface area contributed by atoms with Gasteiger partial charge in [0, 0.05) is 6.20 Å². The van der Waals surface area contributed by atoms with Gasteiger partial charge in [-0.3, -0.25) is 0 Å². The van der Waals surface area contributed by atoms with Gasteiger partial charge in [-0.1, -0.05) is 32.0 Å². The van der Waals surface area contributed by atoms with Gasteiger partial charge in [0.1, 0.15) is 15.3 Å². The normalized spacial score (nSPS) is 17.4. The molecule has 0 saturated heterocycles. The SMILES string of the molecule is CCC(C)COC(=O)c1sc2c(C3NC=C(Br)S3)sc(-c3ncc(Br)s3)c2c1F. The second-order valence-corrected chi connectivity index (χ2v) is 13.4. The van der Waals surface area contributed by atoms with Crippen LogP contribution in [0.25, 0.3) is 20.0 Å². The largest absolute Gasteiger partial charge is 0.461 e. The van der Waals surface area contributed by atoms with E-state index >= 15 is 4.39 Å². The molecule has 0 aromatic carbocycles. The molecule has 4 nitrogen and oxygen atoms in total. The quantitative estimate of drug-likeness (QED) is 0.295. The van der Waals surface area contributed by atoms with E-state index in [1.165, 1.54) is 22.7 Å². The molecule has 2 atom stereocenters. The minimum Gasteiger partial charge on any atom is -0.461 e. The fourth-order valence-electron chi connectivity index (χ4n) is 2.66. The van der Waals surface area contributed by atoms with Crippen LogP contribution in [0, 0.1) is 11.7 Å². The molecule has 3 aromatic heterocycles. The molecule has 2 unspecified atom stereocenters. The van der Waals surface area contributed by atoms with E-state index < -0.39 is 11.8 Å². The molecule has 0 fully saturated rings. The van der Waals surface area contributed by atoms with Crippen LogP contribution in [0.4, 0.5) is 4.39 Å². The molecule has 154 valence electrons. The first-order chi connectivity index (χ1) is 13.9. The van der Waals surface area contributed by atoms with Crippen molar-refractivity contribution < 1.29 is 13.9 Å². The summed E-state index contributed by atoms with van der Waals surface area (Å²) in [6.45, 7) is 4.32. The Bertz CT molecular complexity index is 1110. The van der Waals surface area contributed by atoms with Crippen LogP contribution in [-0.4, -0.2) is 17.6 Å². The number of thiazole rings is 1. The lowest BCUT2D eigenvalue weighted by atomic mass is 10.1. The highest BCUT2D eigenvalue weighted by atomic mass is 79.9. The van der Waals surface area contributed by atoms with Crippen molar-refractivity contribution in [3.8, 4) is 9.88 Å². The van der Waals surface area contributed by atoms with Crippen molar-refractivity contribution in [2.45, 2.75) is 25.6 Å². The van der Waals surface area contributed by atoms with E-state index in [2.05, 4.69) is 42.2 Å². The Hall–Kier alpha value is -0.460. The van der Waals surface area contributed by atoms with Crippen LogP contribution in [0.3, 0.4) is 0 Å². The van der Waals surface area contributed by atoms with Gasteiger partial charge in [-0.15, -0.1) is 34.0 Å². The minimum absolute atomic E-state index is 0.0271. The van der Waals surface area contributed by atoms with Crippen LogP contribution in [0.2, 0.25) is 0 Å². The predicted octanol–water partition coefficient (Wildman–Crippen LogP) is 7.72. The number of fused-ring (bicyclic) bond motifs is 1. The molecule has 0 bridgehead atoms. The number of esters is 1. The van der Waals surface area contributed by atoms with Crippen molar-refractivity contribution in [3.05, 3.63) is 35.6 Å². The molecular formula is C18H15Br2FN2O2S4. The zero-order valence-electron chi connectivity index (χ0n) is 15.3. The molecule has 1 N–H and O–H groups in total. The summed E-state index contributed by atoms with van der Waals surface area (Å²) in [6, 6.07) is 0. The number of hydrogen-bond acceptors (Lipinski definition) is 8. The number of thioether (sulfide) groups is 1. The second kappa shape index (κ2) is 8.96. The zero-order valence-corrected chi connectivity index (χ0v) is 21.7. The van der Waals surface area contributed by atoms with E-state index in [1.807, 2.05) is 20.0 Å². The lowest BCUT2D eigenvalue weighted by molar-refractivity contribution is 0.0448. The number of thiophene rings is 2. The van der Waals surface area contributed by atoms with Crippen LogP contribution in [0.5, 0.6) is 0 Å². The number of halogens is 3. The number of ether oxygens (including phenoxy) is 1. The standard InChI is InChI=1S/C18H15Br2FN2O2S4/c1-3-7(2)6-25-18(24)14-11(21)10-12(28-14)15(17-23-5-9(20)27-17)29-13(10)16-22-4-8(19)26-16/h4-5,7,17,23H,3,6H2,1-2H3. The Balaban J connectivity index is 1.79. The van der Waals surface area contributed by atoms with E-state index in [-0.39, 0.29) is 22.8 Å². The molecule has 4 heterocycles. The molecule has 0 radical (unpaired) electrons. The van der Waals surface area contributed by atoms with Crippen molar-refractivity contribution >= 4 is 93.7 Å². The summed E-state index contributed by atoms with van der Waals surface area (Å²) in [7, 11) is 0. The average Bonchev–Trinajstić information content (AvgIpc) is 3.45. The van der Waals surface area contributed by atoms with Crippen molar-refractivity contribution in [2.24, 2.45) is 5.92 Å². The summed E-state index contributed by atoms with van der Waals surface area (Å²) < 4.78 is 23.4. The highest BCUT2D eigenvalue weighted by Crippen LogP contribution is 2.52. The van der Waals surface area contributed by atoms with Crippen LogP contribution in [0.15, 0.2) is 20.0 Å². The fourth-order valence-corrected chi connectivity index (χ4v) is 8.23. The number of nitrogens with zero attached hydrogens (tertiary/aromatic N) is 1. The third-order valence-electron chi connectivity index (χ3n) is 4.38. The van der Waals surface area contributed by atoms with E-state index in [4.69, 9.17) is 4.74 Å². The topological polar surface area (TPSA) is 51.2 Å². The summed E-state index contributed by atoms with van der Waals surface area (Å²) in [5.41, 5.74) is 0. The molecule has 1 aliphatic rings. The third-order valence-corrected chi connectivity index (χ3v) is 10.5. The monoisotopic (exact) mass is 596 g/mol. The summed E-state index contributed by atoms with van der Waals surface area (Å²) in [6.07, 6.45) is 4.48. The molecule has 0 amide bonds. The number of hydrogen-bond donors (Lipinski definition) is 1. The first-order valence-corrected chi connectivity index (χ1v) is 13.6. The Kier molecular flexibility index (Phi) is 6.72. The highest BCUT2D eigenvalue weighted by Gasteiger charge is 2.31. The highest BCUT2D eigenvalue weighted by molar-refractivity contribution is 9.14. The molecule has 0 saturated carbocycles. The zero-order chi connectivity index (χ0) is 20.7. The smallest absolute Gasteiger partial charge is 0.351 e. The van der Waals surface area contributed by atoms with Crippen LogP contribution >= 0.6 is 77.6 Å². The Morgan fingerprint density at radius 1 is 1.38 bits per heavy atom. The maximum atomic E-state index is 15.4. The van der Waals surface area contributed by atoms with E-state index in [0.717, 1.165) is 44.8 Å². The summed E-state index contributed by atoms with van der Waals surface area (Å²) in [5, 5.41) is 4.43. The summed E-state index contributed by atoms with van der Waals surface area (Å²) in [4.78, 5) is 18.7. The molecule has 3 aromatic rings. The Morgan fingerprint density at radius 3 is 2.79 bits per heavy atom. The number of rotatable bonds is 6. The number of aromatic nitrogens is 1. The number of carbonyl (C=O) groups excluding carboxylic acids is 1. The molecular weight excluding hydrogens is 583 g/mol. The number of nitrogens with one attached hydrogen (secondary N) is 1. The second-order valence-electron chi connectivity index (χ2n) is 6.44. The van der Waals surface area contributed by atoms with Gasteiger partial charge in [-0.2, -0.15) is 0 Å².